The van der Waals surface area contributed by atoms with Gasteiger partial charge in [0.1, 0.15) is 6.61 Å². The van der Waals surface area contributed by atoms with Crippen molar-refractivity contribution in [3.8, 4) is 0 Å². The van der Waals surface area contributed by atoms with Crippen LogP contribution in [0.3, 0.4) is 0 Å². The van der Waals surface area contributed by atoms with E-state index in [4.69, 9.17) is 18.8 Å². The maximum atomic E-state index is 13.2. The topological polar surface area (TPSA) is 108 Å². The molecule has 4 saturated carbocycles. The fourth-order valence-electron chi connectivity index (χ4n) is 5.65. The van der Waals surface area contributed by atoms with E-state index in [-0.39, 0.29) is 18.4 Å². The smallest absolute Gasteiger partial charge is 0.458 e. The summed E-state index contributed by atoms with van der Waals surface area (Å²) in [6.07, 6.45) is 5.22. The molecule has 0 radical (unpaired) electrons. The number of carbonyl (C=O) groups excluding carboxylic acids is 1. The summed E-state index contributed by atoms with van der Waals surface area (Å²) in [5, 5.41) is -4.99. The quantitative estimate of drug-likeness (QED) is 0.389. The summed E-state index contributed by atoms with van der Waals surface area (Å²) in [5.74, 6) is -1.93. The normalized spacial score (nSPS) is 36.6. The molecular formula is C17H24F2O8S. The van der Waals surface area contributed by atoms with E-state index in [0.29, 0.717) is 19.1 Å². The van der Waals surface area contributed by atoms with E-state index in [1.807, 2.05) is 0 Å². The van der Waals surface area contributed by atoms with Crippen molar-refractivity contribution in [2.75, 3.05) is 26.4 Å². The monoisotopic (exact) mass is 426 g/mol. The summed E-state index contributed by atoms with van der Waals surface area (Å²) in [6.45, 7) is 0.713. The van der Waals surface area contributed by atoms with Crippen molar-refractivity contribution in [2.45, 2.75) is 55.2 Å². The van der Waals surface area contributed by atoms with Crippen molar-refractivity contribution in [2.24, 2.45) is 17.8 Å². The lowest BCUT2D eigenvalue weighted by atomic mass is 9.51. The molecule has 1 N–H and O–H groups in total. The van der Waals surface area contributed by atoms with Crippen molar-refractivity contribution in [3.63, 3.8) is 0 Å². The Morgan fingerprint density at radius 3 is 2.29 bits per heavy atom. The molecule has 0 aromatic rings. The minimum atomic E-state index is -5.87. The van der Waals surface area contributed by atoms with Gasteiger partial charge in [-0.25, -0.2) is 4.79 Å². The highest BCUT2D eigenvalue weighted by molar-refractivity contribution is 7.87. The van der Waals surface area contributed by atoms with Gasteiger partial charge in [0.15, 0.2) is 5.79 Å². The molecule has 8 nitrogen and oxygen atoms in total. The second-order valence-corrected chi connectivity index (χ2v) is 9.74. The fraction of sp³-hybridized carbons (Fsp3) is 0.941. The highest BCUT2D eigenvalue weighted by atomic mass is 32.2. The molecule has 4 bridgehead atoms. The summed E-state index contributed by atoms with van der Waals surface area (Å²) in [6, 6.07) is 0. The highest BCUT2D eigenvalue weighted by Gasteiger charge is 2.65. The number of hydrogen-bond donors (Lipinski definition) is 1. The molecule has 5 aliphatic rings. The summed E-state index contributed by atoms with van der Waals surface area (Å²) < 4.78 is 78.4. The van der Waals surface area contributed by atoms with Gasteiger partial charge in [-0.05, 0) is 44.4 Å². The average Bonchev–Trinajstić information content (AvgIpc) is 2.62. The minimum Gasteiger partial charge on any atom is -0.458 e. The Hall–Kier alpha value is -0.880. The van der Waals surface area contributed by atoms with E-state index < -0.39 is 39.3 Å². The van der Waals surface area contributed by atoms with Crippen LogP contribution in [-0.4, -0.2) is 62.0 Å². The standard InChI is InChI=1S/C17H24F2O8S/c18-17(19,28(21,22)23)14(20)24-4-5-25-15-8-11-6-12(9-15)16(13(7-11)10-15)26-2-1-3-27-16/h11-13H,1-10H2,(H,21,22,23). The summed E-state index contributed by atoms with van der Waals surface area (Å²) >= 11 is 0. The molecule has 2 atom stereocenters. The molecule has 4 aliphatic carbocycles. The van der Waals surface area contributed by atoms with E-state index >= 15 is 0 Å². The second-order valence-electron chi connectivity index (χ2n) is 8.27. The van der Waals surface area contributed by atoms with Crippen molar-refractivity contribution < 1.29 is 45.5 Å². The molecule has 1 heterocycles. The Morgan fingerprint density at radius 2 is 1.71 bits per heavy atom. The Kier molecular flexibility index (Phi) is 4.98. The lowest BCUT2D eigenvalue weighted by Crippen LogP contribution is -2.67. The van der Waals surface area contributed by atoms with Crippen LogP contribution in [-0.2, 0) is 33.9 Å². The third-order valence-electron chi connectivity index (χ3n) is 6.50. The zero-order chi connectivity index (χ0) is 20.2. The second kappa shape index (κ2) is 6.83. The van der Waals surface area contributed by atoms with Crippen LogP contribution >= 0.6 is 0 Å². The number of alkyl halides is 2. The predicted molar refractivity (Wildman–Crippen MR) is 88.9 cm³/mol. The Balaban J connectivity index is 1.34. The first-order valence-electron chi connectivity index (χ1n) is 9.52. The molecule has 28 heavy (non-hydrogen) atoms. The third kappa shape index (κ3) is 3.24. The molecule has 1 aliphatic heterocycles. The van der Waals surface area contributed by atoms with Crippen LogP contribution in [0.1, 0.15) is 38.5 Å². The summed E-state index contributed by atoms with van der Waals surface area (Å²) in [4.78, 5) is 11.2. The van der Waals surface area contributed by atoms with Gasteiger partial charge in [-0.2, -0.15) is 17.2 Å². The number of hydrogen-bond acceptors (Lipinski definition) is 7. The van der Waals surface area contributed by atoms with Crippen LogP contribution in [0.4, 0.5) is 8.78 Å². The molecule has 160 valence electrons. The molecule has 0 amide bonds. The Morgan fingerprint density at radius 1 is 1.11 bits per heavy atom. The third-order valence-corrected chi connectivity index (χ3v) is 7.32. The van der Waals surface area contributed by atoms with E-state index in [9.17, 15) is 22.0 Å². The molecule has 0 aromatic carbocycles. The zero-order valence-electron chi connectivity index (χ0n) is 15.3. The number of rotatable bonds is 6. The van der Waals surface area contributed by atoms with E-state index in [1.165, 1.54) is 0 Å². The minimum absolute atomic E-state index is 0.131. The maximum Gasteiger partial charge on any atom is 0.465 e. The Labute approximate surface area is 161 Å². The van der Waals surface area contributed by atoms with Gasteiger partial charge in [-0.3, -0.25) is 4.55 Å². The first kappa shape index (κ1) is 20.4. The van der Waals surface area contributed by atoms with Crippen molar-refractivity contribution in [1.29, 1.82) is 0 Å². The molecule has 0 aromatic heterocycles. The molecule has 5 rings (SSSR count). The van der Waals surface area contributed by atoms with Crippen molar-refractivity contribution >= 4 is 16.1 Å². The number of esters is 1. The highest BCUT2D eigenvalue weighted by Crippen LogP contribution is 2.63. The first-order chi connectivity index (χ1) is 13.1. The first-order valence-corrected chi connectivity index (χ1v) is 11.0. The van der Waals surface area contributed by atoms with Crippen LogP contribution < -0.4 is 0 Å². The van der Waals surface area contributed by atoms with Crippen LogP contribution in [0, 0.1) is 17.8 Å². The van der Waals surface area contributed by atoms with Gasteiger partial charge in [0, 0.05) is 11.8 Å². The summed E-state index contributed by atoms with van der Waals surface area (Å²) in [5.41, 5.74) is -0.427. The maximum absolute atomic E-state index is 13.2. The zero-order valence-corrected chi connectivity index (χ0v) is 16.1. The lowest BCUT2D eigenvalue weighted by Gasteiger charge is -2.64. The largest absolute Gasteiger partial charge is 0.465 e. The van der Waals surface area contributed by atoms with Crippen LogP contribution in [0.15, 0.2) is 0 Å². The van der Waals surface area contributed by atoms with Gasteiger partial charge in [-0.15, -0.1) is 0 Å². The van der Waals surface area contributed by atoms with Gasteiger partial charge in [0.05, 0.1) is 25.4 Å². The van der Waals surface area contributed by atoms with Gasteiger partial charge in [0.25, 0.3) is 0 Å². The number of halogens is 2. The summed E-state index contributed by atoms with van der Waals surface area (Å²) in [7, 11) is -5.87. The average molecular weight is 426 g/mol. The molecule has 1 saturated heterocycles. The van der Waals surface area contributed by atoms with Gasteiger partial charge < -0.3 is 18.9 Å². The lowest BCUT2D eigenvalue weighted by molar-refractivity contribution is -0.375. The molecule has 11 heteroatoms. The van der Waals surface area contributed by atoms with Crippen LogP contribution in [0.25, 0.3) is 0 Å². The predicted octanol–water partition coefficient (Wildman–Crippen LogP) is 1.74. The van der Waals surface area contributed by atoms with Crippen LogP contribution in [0.5, 0.6) is 0 Å². The molecule has 2 unspecified atom stereocenters. The van der Waals surface area contributed by atoms with Crippen molar-refractivity contribution in [1.82, 2.24) is 0 Å². The van der Waals surface area contributed by atoms with E-state index in [1.54, 1.807) is 0 Å². The number of carbonyl (C=O) groups is 1. The molecule has 5 fully saturated rings. The van der Waals surface area contributed by atoms with Gasteiger partial charge in [0.2, 0.25) is 0 Å². The van der Waals surface area contributed by atoms with Crippen molar-refractivity contribution in [3.05, 3.63) is 0 Å². The number of ether oxygens (including phenoxy) is 4. The fourth-order valence-corrected chi connectivity index (χ4v) is 5.92. The van der Waals surface area contributed by atoms with Crippen LogP contribution in [0.2, 0.25) is 0 Å². The SMILES string of the molecule is O=C(OCCOC12CC3CC(C1)C1(OCCCO1)C(C3)C2)C(F)(F)S(=O)(=O)O. The van der Waals surface area contributed by atoms with Gasteiger partial charge >= 0.3 is 21.3 Å². The van der Waals surface area contributed by atoms with E-state index in [0.717, 1.165) is 38.5 Å². The van der Waals surface area contributed by atoms with Gasteiger partial charge in [-0.1, -0.05) is 0 Å². The molecule has 1 spiro atoms. The van der Waals surface area contributed by atoms with E-state index in [2.05, 4.69) is 4.74 Å². The Bertz CT molecular complexity index is 715. The molecular weight excluding hydrogens is 402 g/mol.